The molecule has 0 bridgehead atoms. The van der Waals surface area contributed by atoms with Crippen LogP contribution < -0.4 is 15.4 Å². The summed E-state index contributed by atoms with van der Waals surface area (Å²) < 4.78 is 28.3. The maximum atomic E-state index is 12.9. The maximum absolute atomic E-state index is 12.9. The van der Waals surface area contributed by atoms with Crippen LogP contribution in [0.25, 0.3) is 0 Å². The van der Waals surface area contributed by atoms with Crippen LogP contribution in [-0.4, -0.2) is 37.5 Å². The monoisotopic (exact) mass is 558 g/mol. The Morgan fingerprint density at radius 3 is 2.23 bits per heavy atom. The maximum Gasteiger partial charge on any atom is 0.261 e. The molecule has 1 heterocycles. The lowest BCUT2D eigenvalue weighted by Crippen LogP contribution is -2.23. The molecule has 1 atom stereocenters. The van der Waals surface area contributed by atoms with Gasteiger partial charge in [-0.05, 0) is 79.4 Å². The number of aromatic nitrogens is 1. The SMILES string of the molecule is O=C(CCCc1ccccc1)Nc1ccc(S(=O)(=O)Nc2ccc(CCNCC(O)c3cccnc3)cc2)cc1. The third-order valence-corrected chi connectivity index (χ3v) is 7.76. The first-order chi connectivity index (χ1) is 19.4. The third kappa shape index (κ3) is 9.01. The zero-order valence-electron chi connectivity index (χ0n) is 22.2. The largest absolute Gasteiger partial charge is 0.387 e. The number of nitrogens with zero attached hydrogens (tertiary/aromatic N) is 1. The van der Waals surface area contributed by atoms with Gasteiger partial charge in [0, 0.05) is 42.3 Å². The molecule has 1 amide bonds. The summed E-state index contributed by atoms with van der Waals surface area (Å²) in [7, 11) is -3.78. The van der Waals surface area contributed by atoms with Crippen molar-refractivity contribution in [2.75, 3.05) is 23.1 Å². The van der Waals surface area contributed by atoms with Crippen LogP contribution in [0.1, 0.15) is 35.6 Å². The Morgan fingerprint density at radius 2 is 1.52 bits per heavy atom. The number of aliphatic hydroxyl groups excluding tert-OH is 1. The number of nitrogens with one attached hydrogen (secondary N) is 3. The number of amides is 1. The molecule has 0 saturated carbocycles. The second-order valence-electron chi connectivity index (χ2n) is 9.47. The fourth-order valence-corrected chi connectivity index (χ4v) is 5.21. The summed E-state index contributed by atoms with van der Waals surface area (Å²) in [6.07, 6.45) is 5.36. The van der Waals surface area contributed by atoms with E-state index in [4.69, 9.17) is 0 Å². The van der Waals surface area contributed by atoms with Gasteiger partial charge in [-0.25, -0.2) is 8.42 Å². The number of aliphatic hydroxyl groups is 1. The summed E-state index contributed by atoms with van der Waals surface area (Å²) >= 11 is 0. The van der Waals surface area contributed by atoms with Gasteiger partial charge in [-0.1, -0.05) is 48.5 Å². The van der Waals surface area contributed by atoms with Gasteiger partial charge in [0.2, 0.25) is 5.91 Å². The second-order valence-corrected chi connectivity index (χ2v) is 11.2. The summed E-state index contributed by atoms with van der Waals surface area (Å²) in [5, 5.41) is 16.2. The molecule has 3 aromatic carbocycles. The smallest absolute Gasteiger partial charge is 0.261 e. The predicted molar refractivity (Wildman–Crippen MR) is 157 cm³/mol. The van der Waals surface area contributed by atoms with E-state index in [9.17, 15) is 18.3 Å². The minimum atomic E-state index is -3.78. The highest BCUT2D eigenvalue weighted by Gasteiger charge is 2.15. The zero-order chi connectivity index (χ0) is 28.2. The minimum Gasteiger partial charge on any atom is -0.387 e. The van der Waals surface area contributed by atoms with E-state index >= 15 is 0 Å². The highest BCUT2D eigenvalue weighted by molar-refractivity contribution is 7.92. The lowest BCUT2D eigenvalue weighted by Gasteiger charge is -2.12. The van der Waals surface area contributed by atoms with Crippen molar-refractivity contribution in [3.05, 3.63) is 120 Å². The van der Waals surface area contributed by atoms with Crippen LogP contribution in [0.5, 0.6) is 0 Å². The lowest BCUT2D eigenvalue weighted by molar-refractivity contribution is -0.116. The molecular weight excluding hydrogens is 524 g/mol. The highest BCUT2D eigenvalue weighted by Crippen LogP contribution is 2.19. The molecular formula is C31H34N4O4S. The number of benzene rings is 3. The summed E-state index contributed by atoms with van der Waals surface area (Å²) in [5.41, 5.74) is 4.00. The van der Waals surface area contributed by atoms with E-state index in [1.165, 1.54) is 17.7 Å². The Morgan fingerprint density at radius 1 is 0.825 bits per heavy atom. The molecule has 0 aliphatic heterocycles. The first-order valence-electron chi connectivity index (χ1n) is 13.2. The molecule has 208 valence electrons. The normalized spacial score (nSPS) is 12.0. The van der Waals surface area contributed by atoms with Gasteiger partial charge in [-0.3, -0.25) is 14.5 Å². The Balaban J connectivity index is 1.20. The molecule has 0 radical (unpaired) electrons. The van der Waals surface area contributed by atoms with Crippen LogP contribution in [0.15, 0.2) is 108 Å². The minimum absolute atomic E-state index is 0.107. The van der Waals surface area contributed by atoms with Crippen molar-refractivity contribution in [2.24, 2.45) is 0 Å². The van der Waals surface area contributed by atoms with E-state index in [1.807, 2.05) is 48.5 Å². The Hall–Kier alpha value is -4.05. The molecule has 1 aromatic heterocycles. The van der Waals surface area contributed by atoms with Crippen LogP contribution >= 0.6 is 0 Å². The number of pyridine rings is 1. The molecule has 40 heavy (non-hydrogen) atoms. The molecule has 0 spiro atoms. The van der Waals surface area contributed by atoms with Crippen LogP contribution in [0.4, 0.5) is 11.4 Å². The van der Waals surface area contributed by atoms with E-state index in [1.54, 1.807) is 42.7 Å². The highest BCUT2D eigenvalue weighted by atomic mass is 32.2. The quantitative estimate of drug-likeness (QED) is 0.166. The molecule has 0 saturated heterocycles. The molecule has 9 heteroatoms. The van der Waals surface area contributed by atoms with Crippen molar-refractivity contribution in [1.82, 2.24) is 10.3 Å². The zero-order valence-corrected chi connectivity index (χ0v) is 23.0. The number of rotatable bonds is 14. The molecule has 4 rings (SSSR count). The predicted octanol–water partition coefficient (Wildman–Crippen LogP) is 4.71. The van der Waals surface area contributed by atoms with Crippen LogP contribution in [0, 0.1) is 0 Å². The lowest BCUT2D eigenvalue weighted by atomic mass is 10.1. The van der Waals surface area contributed by atoms with Crippen molar-refractivity contribution in [2.45, 2.75) is 36.7 Å². The van der Waals surface area contributed by atoms with Gasteiger partial charge in [0.25, 0.3) is 10.0 Å². The average Bonchev–Trinajstić information content (AvgIpc) is 2.97. The standard InChI is InChI=1S/C31H34N4O4S/c36-30(26-9-5-20-32-22-26)23-33-21-19-25-11-13-28(14-12-25)35-40(38,39)29-17-15-27(16-18-29)34-31(37)10-4-8-24-6-2-1-3-7-24/h1-3,5-7,9,11-18,20,22,30,33,35-36H,4,8,10,19,21,23H2,(H,34,37). The van der Waals surface area contributed by atoms with Gasteiger partial charge < -0.3 is 15.7 Å². The molecule has 0 aliphatic rings. The topological polar surface area (TPSA) is 120 Å². The third-order valence-electron chi connectivity index (χ3n) is 6.36. The Bertz CT molecular complexity index is 1450. The van der Waals surface area contributed by atoms with E-state index in [2.05, 4.69) is 20.3 Å². The number of anilines is 2. The van der Waals surface area contributed by atoms with Crippen molar-refractivity contribution < 1.29 is 18.3 Å². The number of carbonyl (C=O) groups is 1. The average molecular weight is 559 g/mol. The first-order valence-corrected chi connectivity index (χ1v) is 14.7. The van der Waals surface area contributed by atoms with Crippen molar-refractivity contribution in [1.29, 1.82) is 0 Å². The van der Waals surface area contributed by atoms with Crippen molar-refractivity contribution in [3.8, 4) is 0 Å². The molecule has 4 N–H and O–H groups in total. The molecule has 1 unspecified atom stereocenters. The van der Waals surface area contributed by atoms with Crippen LogP contribution in [0.2, 0.25) is 0 Å². The first kappa shape index (κ1) is 28.9. The fraction of sp³-hybridized carbons (Fsp3) is 0.226. The fourth-order valence-electron chi connectivity index (χ4n) is 4.15. The van der Waals surface area contributed by atoms with Crippen LogP contribution in [-0.2, 0) is 27.7 Å². The summed E-state index contributed by atoms with van der Waals surface area (Å²) in [6.45, 7) is 1.08. The molecule has 0 aliphatic carbocycles. The van der Waals surface area contributed by atoms with E-state index in [0.29, 0.717) is 30.9 Å². The van der Waals surface area contributed by atoms with Gasteiger partial charge in [-0.2, -0.15) is 0 Å². The van der Waals surface area contributed by atoms with E-state index in [0.717, 1.165) is 30.4 Å². The second kappa shape index (κ2) is 14.4. The van der Waals surface area contributed by atoms with Gasteiger partial charge in [0.15, 0.2) is 0 Å². The molecule has 8 nitrogen and oxygen atoms in total. The number of hydrogen-bond acceptors (Lipinski definition) is 6. The van der Waals surface area contributed by atoms with Crippen molar-refractivity contribution >= 4 is 27.3 Å². The molecule has 4 aromatic rings. The summed E-state index contributed by atoms with van der Waals surface area (Å²) in [6, 6.07) is 26.9. The van der Waals surface area contributed by atoms with Gasteiger partial charge in [-0.15, -0.1) is 0 Å². The summed E-state index contributed by atoms with van der Waals surface area (Å²) in [4.78, 5) is 16.4. The number of hydrogen-bond donors (Lipinski definition) is 4. The van der Waals surface area contributed by atoms with Gasteiger partial charge in [0.05, 0.1) is 11.0 Å². The van der Waals surface area contributed by atoms with Gasteiger partial charge in [0.1, 0.15) is 0 Å². The number of sulfonamides is 1. The van der Waals surface area contributed by atoms with Gasteiger partial charge >= 0.3 is 0 Å². The Labute approximate surface area is 235 Å². The van der Waals surface area contributed by atoms with E-state index < -0.39 is 16.1 Å². The van der Waals surface area contributed by atoms with Crippen molar-refractivity contribution in [3.63, 3.8) is 0 Å². The number of aryl methyl sites for hydroxylation is 1. The Kier molecular flexibility index (Phi) is 10.4. The summed E-state index contributed by atoms with van der Waals surface area (Å²) in [5.74, 6) is -0.107. The molecule has 0 fully saturated rings. The van der Waals surface area contributed by atoms with E-state index in [-0.39, 0.29) is 10.8 Å². The van der Waals surface area contributed by atoms with Crippen LogP contribution in [0.3, 0.4) is 0 Å². The number of carbonyl (C=O) groups excluding carboxylic acids is 1.